The molecule has 6 heteroatoms. The highest BCUT2D eigenvalue weighted by atomic mass is 16.5. The van der Waals surface area contributed by atoms with E-state index in [0.29, 0.717) is 11.4 Å². The number of benzene rings is 1. The number of carbonyl (C=O) groups excluding carboxylic acids is 1. The molecule has 102 valence electrons. The summed E-state index contributed by atoms with van der Waals surface area (Å²) in [6.07, 6.45) is 0. The summed E-state index contributed by atoms with van der Waals surface area (Å²) in [4.78, 5) is 24.4. The smallest absolute Gasteiger partial charge is 0.328 e. The number of carboxylic acids is 1. The summed E-state index contributed by atoms with van der Waals surface area (Å²) < 4.78 is 5.25. The molecule has 0 bridgehead atoms. The van der Waals surface area contributed by atoms with E-state index in [4.69, 9.17) is 4.74 Å². The summed E-state index contributed by atoms with van der Waals surface area (Å²) in [6.45, 7) is 2.00. The second-order valence-corrected chi connectivity index (χ2v) is 4.46. The summed E-state index contributed by atoms with van der Waals surface area (Å²) >= 11 is 0. The molecule has 1 aliphatic rings. The Morgan fingerprint density at radius 1 is 1.53 bits per heavy atom. The van der Waals surface area contributed by atoms with Crippen molar-refractivity contribution in [3.8, 4) is 5.75 Å². The minimum absolute atomic E-state index is 0.0107. The number of carboxylic acid groups (broad SMARTS) is 1. The van der Waals surface area contributed by atoms with Crippen molar-refractivity contribution in [1.82, 2.24) is 5.32 Å². The van der Waals surface area contributed by atoms with Crippen molar-refractivity contribution >= 4 is 17.6 Å². The van der Waals surface area contributed by atoms with E-state index in [0.717, 1.165) is 5.56 Å². The third kappa shape index (κ3) is 2.62. The van der Waals surface area contributed by atoms with Gasteiger partial charge in [-0.1, -0.05) is 6.07 Å². The predicted molar refractivity (Wildman–Crippen MR) is 69.5 cm³/mol. The molecular formula is C13H16N2O4. The number of ether oxygens (including phenoxy) is 1. The Morgan fingerprint density at radius 3 is 2.89 bits per heavy atom. The quantitative estimate of drug-likeness (QED) is 0.826. The average Bonchev–Trinajstić information content (AvgIpc) is 2.38. The Morgan fingerprint density at radius 2 is 2.26 bits per heavy atom. The fourth-order valence-electron chi connectivity index (χ4n) is 2.14. The molecule has 0 saturated carbocycles. The lowest BCUT2D eigenvalue weighted by atomic mass is 10.1. The molecule has 2 N–H and O–H groups in total. The Kier molecular flexibility index (Phi) is 3.59. The number of piperazine rings is 1. The number of aryl methyl sites for hydroxylation is 1. The minimum Gasteiger partial charge on any atom is -0.495 e. The van der Waals surface area contributed by atoms with E-state index >= 15 is 0 Å². The maximum absolute atomic E-state index is 11.5. The van der Waals surface area contributed by atoms with E-state index in [-0.39, 0.29) is 19.0 Å². The van der Waals surface area contributed by atoms with E-state index in [9.17, 15) is 14.7 Å². The number of hydrogen-bond acceptors (Lipinski definition) is 4. The fraction of sp³-hybridized carbons (Fsp3) is 0.385. The second kappa shape index (κ2) is 5.17. The number of anilines is 1. The van der Waals surface area contributed by atoms with Gasteiger partial charge in [0.05, 0.1) is 19.3 Å². The van der Waals surface area contributed by atoms with Crippen LogP contribution < -0.4 is 15.0 Å². The van der Waals surface area contributed by atoms with Crippen LogP contribution in [-0.4, -0.2) is 43.2 Å². The van der Waals surface area contributed by atoms with Crippen molar-refractivity contribution < 1.29 is 19.4 Å². The standard InChI is InChI=1S/C13H16N2O4/c1-8-3-4-11(19-2)9(5-8)15-7-12(16)14-6-10(15)13(17)18/h3-5,10H,6-7H2,1-2H3,(H,14,16)(H,17,18). The minimum atomic E-state index is -0.969. The zero-order valence-electron chi connectivity index (χ0n) is 10.8. The SMILES string of the molecule is COc1ccc(C)cc1N1CC(=O)NCC1C(=O)O. The monoisotopic (exact) mass is 264 g/mol. The van der Waals surface area contributed by atoms with E-state index < -0.39 is 12.0 Å². The molecule has 1 atom stereocenters. The van der Waals surface area contributed by atoms with Crippen LogP contribution in [0.4, 0.5) is 5.69 Å². The number of aliphatic carboxylic acids is 1. The number of carbonyl (C=O) groups is 2. The first kappa shape index (κ1) is 13.2. The Bertz CT molecular complexity index is 515. The van der Waals surface area contributed by atoms with Crippen LogP contribution in [0.3, 0.4) is 0 Å². The molecule has 0 spiro atoms. The maximum atomic E-state index is 11.5. The van der Waals surface area contributed by atoms with Gasteiger partial charge < -0.3 is 20.1 Å². The Hall–Kier alpha value is -2.24. The van der Waals surface area contributed by atoms with Crippen molar-refractivity contribution in [2.24, 2.45) is 0 Å². The van der Waals surface area contributed by atoms with Gasteiger partial charge in [0, 0.05) is 6.54 Å². The summed E-state index contributed by atoms with van der Waals surface area (Å²) in [7, 11) is 1.52. The van der Waals surface area contributed by atoms with Crippen LogP contribution in [-0.2, 0) is 9.59 Å². The van der Waals surface area contributed by atoms with Gasteiger partial charge in [-0.2, -0.15) is 0 Å². The highest BCUT2D eigenvalue weighted by molar-refractivity contribution is 5.90. The fourth-order valence-corrected chi connectivity index (χ4v) is 2.14. The molecule has 0 aromatic heterocycles. The molecule has 1 heterocycles. The molecule has 2 rings (SSSR count). The summed E-state index contributed by atoms with van der Waals surface area (Å²) in [5.41, 5.74) is 1.61. The lowest BCUT2D eigenvalue weighted by Gasteiger charge is -2.35. The summed E-state index contributed by atoms with van der Waals surface area (Å²) in [5, 5.41) is 11.8. The molecule has 1 aromatic rings. The number of amides is 1. The van der Waals surface area contributed by atoms with Crippen molar-refractivity contribution in [2.75, 3.05) is 25.1 Å². The number of methoxy groups -OCH3 is 1. The van der Waals surface area contributed by atoms with Gasteiger partial charge in [0.2, 0.25) is 5.91 Å². The van der Waals surface area contributed by atoms with Gasteiger partial charge in [0.15, 0.2) is 0 Å². The van der Waals surface area contributed by atoms with Gasteiger partial charge in [0.25, 0.3) is 0 Å². The largest absolute Gasteiger partial charge is 0.495 e. The highest BCUT2D eigenvalue weighted by Gasteiger charge is 2.33. The van der Waals surface area contributed by atoms with Crippen LogP contribution in [0.1, 0.15) is 5.56 Å². The van der Waals surface area contributed by atoms with E-state index in [1.54, 1.807) is 11.0 Å². The van der Waals surface area contributed by atoms with Crippen molar-refractivity contribution in [1.29, 1.82) is 0 Å². The van der Waals surface area contributed by atoms with Gasteiger partial charge in [-0.25, -0.2) is 4.79 Å². The van der Waals surface area contributed by atoms with Gasteiger partial charge in [-0.05, 0) is 24.6 Å². The lowest BCUT2D eigenvalue weighted by molar-refractivity contribution is -0.139. The molecule has 1 saturated heterocycles. The van der Waals surface area contributed by atoms with Crippen LogP contribution >= 0.6 is 0 Å². The van der Waals surface area contributed by atoms with Gasteiger partial charge in [0.1, 0.15) is 11.8 Å². The first-order valence-electron chi connectivity index (χ1n) is 5.93. The molecule has 19 heavy (non-hydrogen) atoms. The van der Waals surface area contributed by atoms with Gasteiger partial charge in [-0.3, -0.25) is 4.79 Å². The molecule has 1 aromatic carbocycles. The summed E-state index contributed by atoms with van der Waals surface area (Å²) in [5.74, 6) is -0.601. The van der Waals surface area contributed by atoms with Crippen molar-refractivity contribution in [2.45, 2.75) is 13.0 Å². The third-order valence-corrected chi connectivity index (χ3v) is 3.11. The van der Waals surface area contributed by atoms with Gasteiger partial charge >= 0.3 is 5.97 Å². The van der Waals surface area contributed by atoms with E-state index in [1.165, 1.54) is 7.11 Å². The van der Waals surface area contributed by atoms with Crippen LogP contribution in [0.5, 0.6) is 5.75 Å². The topological polar surface area (TPSA) is 78.9 Å². The number of nitrogens with one attached hydrogen (secondary N) is 1. The van der Waals surface area contributed by atoms with Gasteiger partial charge in [-0.15, -0.1) is 0 Å². The zero-order chi connectivity index (χ0) is 14.0. The molecule has 0 aliphatic carbocycles. The molecular weight excluding hydrogens is 248 g/mol. The van der Waals surface area contributed by atoms with Crippen LogP contribution in [0.25, 0.3) is 0 Å². The number of hydrogen-bond donors (Lipinski definition) is 2. The molecule has 0 radical (unpaired) electrons. The van der Waals surface area contributed by atoms with E-state index in [1.807, 2.05) is 19.1 Å². The van der Waals surface area contributed by atoms with Crippen LogP contribution in [0.2, 0.25) is 0 Å². The van der Waals surface area contributed by atoms with Crippen LogP contribution in [0, 0.1) is 6.92 Å². The zero-order valence-corrected chi connectivity index (χ0v) is 10.8. The first-order valence-corrected chi connectivity index (χ1v) is 5.93. The van der Waals surface area contributed by atoms with E-state index in [2.05, 4.69) is 5.32 Å². The highest BCUT2D eigenvalue weighted by Crippen LogP contribution is 2.31. The normalized spacial score (nSPS) is 18.9. The number of nitrogens with zero attached hydrogens (tertiary/aromatic N) is 1. The Balaban J connectivity index is 2.43. The second-order valence-electron chi connectivity index (χ2n) is 4.46. The first-order chi connectivity index (χ1) is 9.02. The Labute approximate surface area is 111 Å². The molecule has 6 nitrogen and oxygen atoms in total. The number of rotatable bonds is 3. The molecule has 1 unspecified atom stereocenters. The molecule has 1 fully saturated rings. The maximum Gasteiger partial charge on any atom is 0.328 e. The molecule has 1 amide bonds. The molecule has 1 aliphatic heterocycles. The van der Waals surface area contributed by atoms with Crippen molar-refractivity contribution in [3.05, 3.63) is 23.8 Å². The van der Waals surface area contributed by atoms with Crippen LogP contribution in [0.15, 0.2) is 18.2 Å². The van der Waals surface area contributed by atoms with Crippen molar-refractivity contribution in [3.63, 3.8) is 0 Å². The lowest BCUT2D eigenvalue weighted by Crippen LogP contribution is -2.57. The third-order valence-electron chi connectivity index (χ3n) is 3.11. The average molecular weight is 264 g/mol. The summed E-state index contributed by atoms with van der Waals surface area (Å²) in [6, 6.07) is 4.69. The predicted octanol–water partition coefficient (Wildman–Crippen LogP) is 0.393.